The molecule has 0 saturated carbocycles. The van der Waals surface area contributed by atoms with Crippen molar-refractivity contribution in [2.75, 3.05) is 4.90 Å². The molecule has 0 spiro atoms. The van der Waals surface area contributed by atoms with E-state index in [0.717, 1.165) is 56.4 Å². The van der Waals surface area contributed by atoms with Crippen molar-refractivity contribution in [1.29, 1.82) is 0 Å². The molecule has 10 aromatic carbocycles. The predicted octanol–water partition coefficient (Wildman–Crippen LogP) is 16.4. The van der Waals surface area contributed by atoms with Crippen LogP contribution in [0.2, 0.25) is 0 Å². The summed E-state index contributed by atoms with van der Waals surface area (Å²) in [5.74, 6) is 0.733. The highest BCUT2D eigenvalue weighted by Gasteiger charge is 2.17. The normalized spacial score (nSPS) is 13.6. The van der Waals surface area contributed by atoms with E-state index in [0.29, 0.717) is 0 Å². The van der Waals surface area contributed by atoms with Crippen LogP contribution in [-0.4, -0.2) is 5.84 Å². The van der Waals surface area contributed by atoms with Gasteiger partial charge in [0.1, 0.15) is 0 Å². The maximum absolute atomic E-state index is 5.20. The highest BCUT2D eigenvalue weighted by molar-refractivity contribution is 6.13. The van der Waals surface area contributed by atoms with Crippen LogP contribution >= 0.6 is 0 Å². The first-order valence-electron chi connectivity index (χ1n) is 21.5. The lowest BCUT2D eigenvalue weighted by molar-refractivity contribution is 1.04. The molecule has 0 fully saturated rings. The minimum Gasteiger partial charge on any atom is -0.454 e. The maximum atomic E-state index is 5.20. The Morgan fingerprint density at radius 3 is 1.37 bits per heavy atom. The van der Waals surface area contributed by atoms with E-state index in [9.17, 15) is 0 Å². The van der Waals surface area contributed by atoms with Gasteiger partial charge >= 0.3 is 0 Å². The zero-order valence-electron chi connectivity index (χ0n) is 34.6. The molecule has 1 aliphatic rings. The third-order valence-electron chi connectivity index (χ3n) is 12.1. The van der Waals surface area contributed by atoms with Crippen LogP contribution in [0.5, 0.6) is 0 Å². The lowest BCUT2D eigenvalue weighted by Crippen LogP contribution is -2.10. The zero-order valence-corrected chi connectivity index (χ0v) is 34.6. The smallest absolute Gasteiger partial charge is 0.0540 e. The first-order valence-corrected chi connectivity index (χ1v) is 21.5. The molecule has 1 aliphatic heterocycles. The van der Waals surface area contributed by atoms with Gasteiger partial charge in [-0.3, -0.25) is 0 Å². The summed E-state index contributed by atoms with van der Waals surface area (Å²) in [6.45, 7) is 0. The van der Waals surface area contributed by atoms with Crippen LogP contribution in [0.25, 0.3) is 65.9 Å². The van der Waals surface area contributed by atoms with E-state index in [4.69, 9.17) is 10.3 Å². The van der Waals surface area contributed by atoms with Crippen LogP contribution in [0, 0.1) is 0 Å². The van der Waals surface area contributed by atoms with E-state index in [1.54, 1.807) is 0 Å². The summed E-state index contributed by atoms with van der Waals surface area (Å²) in [7, 11) is 0. The molecule has 1 atom stereocenters. The lowest BCUT2D eigenvalue weighted by Gasteiger charge is -2.33. The van der Waals surface area contributed by atoms with E-state index in [-0.39, 0.29) is 6.04 Å². The molecule has 0 aromatic heterocycles. The van der Waals surface area contributed by atoms with Crippen LogP contribution in [0.3, 0.4) is 0 Å². The fraction of sp³-hybridized carbons (Fsp3) is 0.0167. The number of rotatable bonds is 9. The summed E-state index contributed by atoms with van der Waals surface area (Å²) in [5, 5.41) is 9.98. The topological polar surface area (TPSA) is 29.7 Å². The number of nitrogens with zero attached hydrogens (tertiary/aromatic N) is 3. The zero-order chi connectivity index (χ0) is 42.0. The van der Waals surface area contributed by atoms with Crippen LogP contribution in [-0.2, 0) is 0 Å². The van der Waals surface area contributed by atoms with Gasteiger partial charge < -0.3 is 15.2 Å². The molecule has 0 amide bonds. The maximum Gasteiger partial charge on any atom is 0.0540 e. The van der Waals surface area contributed by atoms with E-state index < -0.39 is 0 Å². The molecule has 63 heavy (non-hydrogen) atoms. The first kappa shape index (κ1) is 37.7. The van der Waals surface area contributed by atoms with E-state index >= 15 is 0 Å². The number of hydrogen-bond acceptors (Lipinski definition) is 2. The van der Waals surface area contributed by atoms with Gasteiger partial charge in [0.2, 0.25) is 0 Å². The molecule has 3 nitrogen and oxygen atoms in total. The van der Waals surface area contributed by atoms with Crippen LogP contribution in [0.4, 0.5) is 17.1 Å². The lowest BCUT2D eigenvalue weighted by atomic mass is 9.97. The number of aliphatic imine (C=N–C) groups is 1. The van der Waals surface area contributed by atoms with Gasteiger partial charge in [-0.2, -0.15) is 0 Å². The highest BCUT2D eigenvalue weighted by Crippen LogP contribution is 2.41. The van der Waals surface area contributed by atoms with Gasteiger partial charge in [0.25, 0.3) is 0 Å². The molecule has 1 heterocycles. The molecule has 0 bridgehead atoms. The molecule has 10 aromatic rings. The molecule has 0 aliphatic carbocycles. The van der Waals surface area contributed by atoms with Crippen LogP contribution < -0.4 is 4.90 Å². The number of hydrogen-bond donors (Lipinski definition) is 0. The Morgan fingerprint density at radius 1 is 0.349 bits per heavy atom. The molecule has 1 unspecified atom stereocenters. The van der Waals surface area contributed by atoms with Crippen molar-refractivity contribution < 1.29 is 0 Å². The summed E-state index contributed by atoms with van der Waals surface area (Å²) in [4.78, 5) is 7.57. The van der Waals surface area contributed by atoms with Gasteiger partial charge in [0.15, 0.2) is 0 Å². The average molecular weight is 805 g/mol. The van der Waals surface area contributed by atoms with Crippen molar-refractivity contribution in [2.24, 2.45) is 4.99 Å². The second kappa shape index (κ2) is 16.6. The molecule has 11 rings (SSSR count). The van der Waals surface area contributed by atoms with Gasteiger partial charge in [-0.05, 0) is 102 Å². The highest BCUT2D eigenvalue weighted by atomic mass is 15.1. The summed E-state index contributed by atoms with van der Waals surface area (Å²) in [6, 6.07) is 86.3. The van der Waals surface area contributed by atoms with E-state index in [1.807, 2.05) is 6.07 Å². The minimum absolute atomic E-state index is 0.146. The van der Waals surface area contributed by atoms with Crippen molar-refractivity contribution in [1.82, 2.24) is 0 Å². The number of anilines is 3. The second-order valence-electron chi connectivity index (χ2n) is 15.9. The largest absolute Gasteiger partial charge is 0.454 e. The second-order valence-corrected chi connectivity index (χ2v) is 15.9. The van der Waals surface area contributed by atoms with Crippen molar-refractivity contribution >= 4 is 50.1 Å². The Balaban J connectivity index is 0.901. The Kier molecular flexibility index (Phi) is 9.96. The molecule has 0 radical (unpaired) electrons. The summed E-state index contributed by atoms with van der Waals surface area (Å²) >= 11 is 0. The molecule has 298 valence electrons. The van der Waals surface area contributed by atoms with Crippen LogP contribution in [0.1, 0.15) is 22.7 Å². The fourth-order valence-electron chi connectivity index (χ4n) is 8.79. The molecule has 0 saturated heterocycles. The van der Waals surface area contributed by atoms with Gasteiger partial charge in [0, 0.05) is 22.8 Å². The van der Waals surface area contributed by atoms with Crippen molar-refractivity contribution in [3.63, 3.8) is 0 Å². The monoisotopic (exact) mass is 804 g/mol. The Morgan fingerprint density at radius 2 is 0.778 bits per heavy atom. The predicted molar refractivity (Wildman–Crippen MR) is 266 cm³/mol. The van der Waals surface area contributed by atoms with Crippen molar-refractivity contribution in [2.45, 2.75) is 6.04 Å². The van der Waals surface area contributed by atoms with Crippen LogP contribution in [0.15, 0.2) is 254 Å². The Labute approximate surface area is 368 Å². The first-order chi connectivity index (χ1) is 31.2. The van der Waals surface area contributed by atoms with E-state index in [2.05, 4.69) is 248 Å². The molecular formula is C60H42N3-. The summed E-state index contributed by atoms with van der Waals surface area (Å²) < 4.78 is 0. The third kappa shape index (κ3) is 7.58. The standard InChI is InChI=1S/C60H42N3/c1-3-13-42(14-4-1)43-25-27-44(28-26-43)46-33-37-52(38-34-46)63(59-24-12-20-49-16-8-10-22-55(49)59)53-39-35-47(36-40-53)45-29-31-51(32-30-45)60-61-57(50-17-5-2-6-18-50)41-58(62-60)56-23-11-19-48-15-7-9-21-54(48)56/h1-41,57H/q-1. The van der Waals surface area contributed by atoms with Crippen molar-refractivity contribution in [3.05, 3.63) is 271 Å². The third-order valence-corrected chi connectivity index (χ3v) is 12.1. The molecule has 0 N–H and O–H groups in total. The number of fused-ring (bicyclic) bond motifs is 2. The molecular weight excluding hydrogens is 763 g/mol. The average Bonchev–Trinajstić information content (AvgIpc) is 3.37. The number of benzene rings is 10. The Bertz CT molecular complexity index is 3250. The fourth-order valence-corrected chi connectivity index (χ4v) is 8.79. The van der Waals surface area contributed by atoms with E-state index in [1.165, 1.54) is 43.8 Å². The summed E-state index contributed by atoms with van der Waals surface area (Å²) in [5.41, 5.74) is 14.6. The quantitative estimate of drug-likeness (QED) is 0.143. The van der Waals surface area contributed by atoms with Gasteiger partial charge in [-0.25, -0.2) is 0 Å². The van der Waals surface area contributed by atoms with Gasteiger partial charge in [-0.15, -0.1) is 0 Å². The van der Waals surface area contributed by atoms with Crippen molar-refractivity contribution in [3.8, 4) is 33.4 Å². The minimum atomic E-state index is -0.146. The SMILES string of the molecule is C1=C(c2cccc3ccccc23)N=C(c2ccc(-c3ccc(N(c4ccc(-c5ccc(-c6ccccc6)cc5)cc4)c4cccc5ccccc45)cc3)cc2)[N-]C1c1ccccc1. The van der Waals surface area contributed by atoms with Gasteiger partial charge in [-0.1, -0.05) is 224 Å². The molecule has 3 heteroatoms. The summed E-state index contributed by atoms with van der Waals surface area (Å²) in [6.07, 6.45) is 2.19. The van der Waals surface area contributed by atoms with Gasteiger partial charge in [0.05, 0.1) is 5.69 Å². The number of amidine groups is 1. The Hall–Kier alpha value is -8.27.